The number of hydrogen-bond acceptors (Lipinski definition) is 4. The molecular formula is C10H18N4OS. The predicted octanol–water partition coefficient (Wildman–Crippen LogP) is 0.854. The summed E-state index contributed by atoms with van der Waals surface area (Å²) in [6.45, 7) is 6.27. The maximum Gasteiger partial charge on any atom is 0.344 e. The average molecular weight is 242 g/mol. The van der Waals surface area contributed by atoms with Gasteiger partial charge in [-0.3, -0.25) is 4.57 Å². The summed E-state index contributed by atoms with van der Waals surface area (Å²) in [7, 11) is 0. The Labute approximate surface area is 99.0 Å². The predicted molar refractivity (Wildman–Crippen MR) is 64.9 cm³/mol. The zero-order valence-electron chi connectivity index (χ0n) is 9.69. The van der Waals surface area contributed by atoms with Gasteiger partial charge in [-0.25, -0.2) is 9.89 Å². The summed E-state index contributed by atoms with van der Waals surface area (Å²) in [6, 6.07) is 0.166. The molecule has 16 heavy (non-hydrogen) atoms. The first-order valence-electron chi connectivity index (χ1n) is 5.69. The van der Waals surface area contributed by atoms with Gasteiger partial charge in [0.25, 0.3) is 0 Å². The molecule has 1 aromatic rings. The lowest BCUT2D eigenvalue weighted by atomic mass is 10.0. The molecule has 1 aromatic heterocycles. The third-order valence-electron chi connectivity index (χ3n) is 2.81. The number of H-pyrrole nitrogens is 1. The van der Waals surface area contributed by atoms with Gasteiger partial charge in [0.1, 0.15) is 0 Å². The van der Waals surface area contributed by atoms with Crippen LogP contribution < -0.4 is 11.0 Å². The van der Waals surface area contributed by atoms with Crippen LogP contribution in [-0.4, -0.2) is 33.6 Å². The highest BCUT2D eigenvalue weighted by Crippen LogP contribution is 2.20. The molecule has 0 spiro atoms. The second-order valence-corrected chi connectivity index (χ2v) is 5.50. The van der Waals surface area contributed by atoms with E-state index in [1.807, 2.05) is 13.8 Å². The summed E-state index contributed by atoms with van der Waals surface area (Å²) in [5, 5.41) is 10.6. The molecule has 2 N–H and O–H groups in total. The lowest BCUT2D eigenvalue weighted by Crippen LogP contribution is -2.42. The molecule has 1 aliphatic rings. The molecule has 6 heteroatoms. The van der Waals surface area contributed by atoms with Crippen molar-refractivity contribution < 1.29 is 0 Å². The van der Waals surface area contributed by atoms with Crippen molar-refractivity contribution in [3.05, 3.63) is 10.5 Å². The molecule has 0 bridgehead atoms. The van der Waals surface area contributed by atoms with E-state index in [9.17, 15) is 4.79 Å². The molecule has 5 nitrogen and oxygen atoms in total. The van der Waals surface area contributed by atoms with Crippen LogP contribution in [-0.2, 0) is 0 Å². The number of nitrogens with one attached hydrogen (secondary N) is 2. The first kappa shape index (κ1) is 11.7. The first-order valence-corrected chi connectivity index (χ1v) is 6.67. The second kappa shape index (κ2) is 5.05. The van der Waals surface area contributed by atoms with Crippen LogP contribution in [0.25, 0.3) is 0 Å². The summed E-state index contributed by atoms with van der Waals surface area (Å²) in [5.74, 6) is 1.84. The Morgan fingerprint density at radius 1 is 1.56 bits per heavy atom. The van der Waals surface area contributed by atoms with Crippen LogP contribution in [0.4, 0.5) is 0 Å². The van der Waals surface area contributed by atoms with Crippen molar-refractivity contribution in [3.63, 3.8) is 0 Å². The molecule has 0 radical (unpaired) electrons. The molecule has 1 fully saturated rings. The summed E-state index contributed by atoms with van der Waals surface area (Å²) >= 11 is 1.67. The SMILES string of the molecule is CC(C)n1c(SCCC2CNC2)n[nH]c1=O. The third-order valence-corrected chi connectivity index (χ3v) is 3.80. The first-order chi connectivity index (χ1) is 7.68. The van der Waals surface area contributed by atoms with Crippen molar-refractivity contribution in [1.82, 2.24) is 20.1 Å². The monoisotopic (exact) mass is 242 g/mol. The summed E-state index contributed by atoms with van der Waals surface area (Å²) in [6.07, 6.45) is 1.19. The number of aromatic nitrogens is 3. The van der Waals surface area contributed by atoms with Gasteiger partial charge in [-0.15, -0.1) is 5.10 Å². The van der Waals surface area contributed by atoms with Crippen molar-refractivity contribution >= 4 is 11.8 Å². The molecule has 0 aliphatic carbocycles. The van der Waals surface area contributed by atoms with Gasteiger partial charge in [-0.1, -0.05) is 11.8 Å². The highest BCUT2D eigenvalue weighted by Gasteiger charge is 2.17. The molecule has 1 saturated heterocycles. The number of nitrogens with zero attached hydrogens (tertiary/aromatic N) is 2. The van der Waals surface area contributed by atoms with Gasteiger partial charge in [-0.2, -0.15) is 0 Å². The van der Waals surface area contributed by atoms with Crippen LogP contribution in [0.1, 0.15) is 26.3 Å². The summed E-state index contributed by atoms with van der Waals surface area (Å²) in [4.78, 5) is 11.5. The minimum atomic E-state index is -0.109. The van der Waals surface area contributed by atoms with Gasteiger partial charge in [0, 0.05) is 11.8 Å². The van der Waals surface area contributed by atoms with Crippen LogP contribution in [0.2, 0.25) is 0 Å². The topological polar surface area (TPSA) is 62.7 Å². The minimum Gasteiger partial charge on any atom is -0.316 e. The lowest BCUT2D eigenvalue weighted by molar-refractivity contribution is 0.341. The largest absolute Gasteiger partial charge is 0.344 e. The summed E-state index contributed by atoms with van der Waals surface area (Å²) in [5.41, 5.74) is -0.109. The molecular weight excluding hydrogens is 224 g/mol. The Hall–Kier alpha value is -0.750. The zero-order chi connectivity index (χ0) is 11.5. The van der Waals surface area contributed by atoms with Gasteiger partial charge >= 0.3 is 5.69 Å². The average Bonchev–Trinajstić information content (AvgIpc) is 2.51. The van der Waals surface area contributed by atoms with Crippen molar-refractivity contribution in [1.29, 1.82) is 0 Å². The van der Waals surface area contributed by atoms with Crippen LogP contribution in [0.15, 0.2) is 9.95 Å². The van der Waals surface area contributed by atoms with Gasteiger partial charge < -0.3 is 5.32 Å². The standard InChI is InChI=1S/C10H18N4OS/c1-7(2)14-9(15)12-13-10(14)16-4-3-8-5-11-6-8/h7-8,11H,3-6H2,1-2H3,(H,12,15). The third kappa shape index (κ3) is 2.49. The fourth-order valence-corrected chi connectivity index (χ4v) is 2.89. The maximum atomic E-state index is 11.5. The van der Waals surface area contributed by atoms with Crippen LogP contribution in [0, 0.1) is 5.92 Å². The van der Waals surface area contributed by atoms with E-state index in [2.05, 4.69) is 15.5 Å². The normalized spacial score (nSPS) is 16.7. The highest BCUT2D eigenvalue weighted by molar-refractivity contribution is 7.99. The number of rotatable bonds is 5. The fraction of sp³-hybridized carbons (Fsp3) is 0.800. The molecule has 0 aromatic carbocycles. The van der Waals surface area contributed by atoms with Crippen LogP contribution >= 0.6 is 11.8 Å². The highest BCUT2D eigenvalue weighted by atomic mass is 32.2. The van der Waals surface area contributed by atoms with Gasteiger partial charge in [0.15, 0.2) is 5.16 Å². The van der Waals surface area contributed by atoms with E-state index in [1.165, 1.54) is 6.42 Å². The Morgan fingerprint density at radius 3 is 2.88 bits per heavy atom. The fourth-order valence-electron chi connectivity index (χ4n) is 1.72. The Bertz CT molecular complexity index is 394. The van der Waals surface area contributed by atoms with Gasteiger partial charge in [0.05, 0.1) is 0 Å². The van der Waals surface area contributed by atoms with E-state index < -0.39 is 0 Å². The van der Waals surface area contributed by atoms with E-state index in [0.717, 1.165) is 29.9 Å². The quantitative estimate of drug-likeness (QED) is 0.752. The molecule has 2 rings (SSSR count). The molecule has 0 unspecified atom stereocenters. The van der Waals surface area contributed by atoms with Crippen molar-refractivity contribution in [2.45, 2.75) is 31.5 Å². The smallest absolute Gasteiger partial charge is 0.316 e. The lowest BCUT2D eigenvalue weighted by Gasteiger charge is -2.26. The van der Waals surface area contributed by atoms with Gasteiger partial charge in [-0.05, 0) is 39.3 Å². The number of thioether (sulfide) groups is 1. The Balaban J connectivity index is 1.90. The van der Waals surface area contributed by atoms with Gasteiger partial charge in [0.2, 0.25) is 0 Å². The summed E-state index contributed by atoms with van der Waals surface area (Å²) < 4.78 is 1.71. The molecule has 0 saturated carbocycles. The van der Waals surface area contributed by atoms with E-state index >= 15 is 0 Å². The van der Waals surface area contributed by atoms with Crippen molar-refractivity contribution in [2.75, 3.05) is 18.8 Å². The van der Waals surface area contributed by atoms with Crippen molar-refractivity contribution in [2.24, 2.45) is 5.92 Å². The van der Waals surface area contributed by atoms with Crippen LogP contribution in [0.5, 0.6) is 0 Å². The molecule has 0 amide bonds. The van der Waals surface area contributed by atoms with Crippen LogP contribution in [0.3, 0.4) is 0 Å². The molecule has 2 heterocycles. The Morgan fingerprint density at radius 2 is 2.31 bits per heavy atom. The Kier molecular flexibility index (Phi) is 3.70. The zero-order valence-corrected chi connectivity index (χ0v) is 10.5. The van der Waals surface area contributed by atoms with E-state index in [1.54, 1.807) is 16.3 Å². The maximum absolute atomic E-state index is 11.5. The number of hydrogen-bond donors (Lipinski definition) is 2. The molecule has 0 atom stereocenters. The van der Waals surface area contributed by atoms with E-state index in [0.29, 0.717) is 0 Å². The second-order valence-electron chi connectivity index (χ2n) is 4.44. The number of aromatic amines is 1. The van der Waals surface area contributed by atoms with E-state index in [4.69, 9.17) is 0 Å². The van der Waals surface area contributed by atoms with E-state index in [-0.39, 0.29) is 11.7 Å². The minimum absolute atomic E-state index is 0.109. The molecule has 90 valence electrons. The molecule has 1 aliphatic heterocycles. The van der Waals surface area contributed by atoms with Crippen molar-refractivity contribution in [3.8, 4) is 0 Å².